The van der Waals surface area contributed by atoms with E-state index in [1.807, 2.05) is 23.2 Å². The summed E-state index contributed by atoms with van der Waals surface area (Å²) in [7, 11) is 0. The lowest BCUT2D eigenvalue weighted by Crippen LogP contribution is -2.48. The molecule has 11 heteroatoms. The van der Waals surface area contributed by atoms with Crippen molar-refractivity contribution in [3.05, 3.63) is 65.9 Å². The second-order valence-corrected chi connectivity index (χ2v) is 9.87. The normalized spacial score (nSPS) is 18.7. The number of hydrogen-bond acceptors (Lipinski definition) is 7. The Bertz CT molecular complexity index is 1270. The average Bonchev–Trinajstić information content (AvgIpc) is 3.23. The number of rotatable bonds is 8. The quantitative estimate of drug-likeness (QED) is 0.468. The fraction of sp³-hybridized carbons (Fsp3) is 0.370. The number of carbonyl (C=O) groups is 1. The summed E-state index contributed by atoms with van der Waals surface area (Å²) >= 11 is 0. The Labute approximate surface area is 218 Å². The molecule has 2 aromatic rings. The topological polar surface area (TPSA) is 98.6 Å². The first-order chi connectivity index (χ1) is 17.9. The highest BCUT2D eigenvalue weighted by Crippen LogP contribution is 2.34. The van der Waals surface area contributed by atoms with Gasteiger partial charge in [-0.15, -0.1) is 0 Å². The minimum atomic E-state index is -4.45. The summed E-state index contributed by atoms with van der Waals surface area (Å²) < 4.78 is 44.8. The molecule has 3 N–H and O–H groups in total. The molecule has 2 atom stereocenters. The predicted molar refractivity (Wildman–Crippen MR) is 140 cm³/mol. The number of alkyl halides is 3. The number of amidine groups is 1. The fourth-order valence-corrected chi connectivity index (χ4v) is 4.24. The molecule has 8 nitrogen and oxygen atoms in total. The Morgan fingerprint density at radius 1 is 1.18 bits per heavy atom. The molecule has 0 radical (unpaired) electrons. The van der Waals surface area contributed by atoms with Crippen molar-refractivity contribution in [1.82, 2.24) is 10.2 Å². The summed E-state index contributed by atoms with van der Waals surface area (Å²) in [5.74, 6) is 0.977. The monoisotopic (exact) mass is 529 g/mol. The van der Waals surface area contributed by atoms with Gasteiger partial charge in [-0.1, -0.05) is 6.07 Å². The number of nitrogens with zero attached hydrogens (tertiary/aromatic N) is 3. The Balaban J connectivity index is 1.39. The maximum Gasteiger partial charge on any atom is 0.416 e. The summed E-state index contributed by atoms with van der Waals surface area (Å²) in [6, 6.07) is 9.72. The van der Waals surface area contributed by atoms with E-state index in [1.165, 1.54) is 18.5 Å². The third-order valence-electron chi connectivity index (χ3n) is 5.99. The van der Waals surface area contributed by atoms with Crippen LogP contribution in [0.5, 0.6) is 11.5 Å². The number of benzene rings is 2. The Morgan fingerprint density at radius 2 is 1.97 bits per heavy atom. The summed E-state index contributed by atoms with van der Waals surface area (Å²) in [6.45, 7) is 5.89. The van der Waals surface area contributed by atoms with Crippen molar-refractivity contribution < 1.29 is 27.8 Å². The molecule has 4 rings (SSSR count). The standard InChI is InChI=1S/C27H30F3N5O3/c1-17-13-19(7-8-22(17)38-20-6-4-5-18(14-20)27(28,29)30)34-25-24-21(32-16-33-25)9-11-35(24)12-10-31-23(36)15-26(2,3)37/h4-9,11,13-14,16,21,24,37H,10,12,15H2,1-3H3,(H,31,36)(H,32,33,34). The highest BCUT2D eigenvalue weighted by molar-refractivity contribution is 6.05. The number of aryl methyl sites for hydroxylation is 1. The van der Waals surface area contributed by atoms with Gasteiger partial charge in [0, 0.05) is 18.8 Å². The van der Waals surface area contributed by atoms with Crippen LogP contribution in [0.2, 0.25) is 0 Å². The molecule has 0 bridgehead atoms. The number of anilines is 1. The third-order valence-corrected chi connectivity index (χ3v) is 5.99. The lowest BCUT2D eigenvalue weighted by Gasteiger charge is -2.31. The molecule has 1 amide bonds. The van der Waals surface area contributed by atoms with Crippen molar-refractivity contribution in [3.63, 3.8) is 0 Å². The molecule has 0 spiro atoms. The number of fused-ring (bicyclic) bond motifs is 1. The van der Waals surface area contributed by atoms with Crippen LogP contribution in [0.25, 0.3) is 0 Å². The molecule has 0 fully saturated rings. The average molecular weight is 530 g/mol. The highest BCUT2D eigenvalue weighted by Gasteiger charge is 2.35. The van der Waals surface area contributed by atoms with Gasteiger partial charge in [-0.05, 0) is 75.0 Å². The lowest BCUT2D eigenvalue weighted by atomic mass is 10.1. The Kier molecular flexibility index (Phi) is 7.77. The summed E-state index contributed by atoms with van der Waals surface area (Å²) in [4.78, 5) is 22.9. The van der Waals surface area contributed by atoms with Crippen LogP contribution in [0.15, 0.2) is 64.7 Å². The lowest BCUT2D eigenvalue weighted by molar-refractivity contribution is -0.137. The third kappa shape index (κ3) is 6.91. The number of amides is 1. The first kappa shape index (κ1) is 27.2. The van der Waals surface area contributed by atoms with E-state index >= 15 is 0 Å². The summed E-state index contributed by atoms with van der Waals surface area (Å²) in [5, 5.41) is 16.0. The minimum absolute atomic E-state index is 0.0142. The van der Waals surface area contributed by atoms with Gasteiger partial charge in [0.15, 0.2) is 0 Å². The van der Waals surface area contributed by atoms with E-state index < -0.39 is 17.3 Å². The van der Waals surface area contributed by atoms with E-state index in [-0.39, 0.29) is 30.2 Å². The molecule has 0 aromatic heterocycles. The number of hydrogen-bond donors (Lipinski definition) is 3. The van der Waals surface area contributed by atoms with Crippen LogP contribution in [0.4, 0.5) is 18.9 Å². The second kappa shape index (κ2) is 10.9. The first-order valence-corrected chi connectivity index (χ1v) is 12.1. The van der Waals surface area contributed by atoms with Gasteiger partial charge in [0.05, 0.1) is 23.6 Å². The van der Waals surface area contributed by atoms with Gasteiger partial charge in [0.1, 0.15) is 29.7 Å². The number of aliphatic imine (C=N–C) groups is 2. The van der Waals surface area contributed by atoms with Crippen molar-refractivity contribution in [2.45, 2.75) is 51.1 Å². The van der Waals surface area contributed by atoms with Gasteiger partial charge in [-0.3, -0.25) is 9.79 Å². The molecule has 0 saturated carbocycles. The number of ether oxygens (including phenoxy) is 1. The van der Waals surface area contributed by atoms with Gasteiger partial charge in [0.25, 0.3) is 0 Å². The van der Waals surface area contributed by atoms with Crippen LogP contribution in [-0.4, -0.2) is 58.9 Å². The molecule has 2 aliphatic heterocycles. The molecule has 2 aromatic carbocycles. The predicted octanol–water partition coefficient (Wildman–Crippen LogP) is 4.50. The van der Waals surface area contributed by atoms with Crippen molar-refractivity contribution in [1.29, 1.82) is 0 Å². The van der Waals surface area contributed by atoms with E-state index in [2.05, 4.69) is 20.6 Å². The van der Waals surface area contributed by atoms with E-state index in [4.69, 9.17) is 4.74 Å². The molecule has 2 heterocycles. The summed E-state index contributed by atoms with van der Waals surface area (Å²) in [5.41, 5.74) is -0.387. The van der Waals surface area contributed by atoms with E-state index in [9.17, 15) is 23.1 Å². The maximum atomic E-state index is 13.0. The molecular formula is C27H30F3N5O3. The van der Waals surface area contributed by atoms with Crippen LogP contribution in [0, 0.1) is 6.92 Å². The van der Waals surface area contributed by atoms with Crippen LogP contribution >= 0.6 is 0 Å². The van der Waals surface area contributed by atoms with Crippen molar-refractivity contribution in [2.24, 2.45) is 9.98 Å². The Morgan fingerprint density at radius 3 is 2.68 bits per heavy atom. The number of carbonyl (C=O) groups excluding carboxylic acids is 1. The van der Waals surface area contributed by atoms with Gasteiger partial charge in [0.2, 0.25) is 5.91 Å². The zero-order valence-corrected chi connectivity index (χ0v) is 21.3. The SMILES string of the molecule is Cc1cc(NC2=NC=NC3C=CN(CCNC(=O)CC(C)(C)O)C23)ccc1Oc1cccc(C(F)(F)F)c1. The zero-order valence-electron chi connectivity index (χ0n) is 21.3. The highest BCUT2D eigenvalue weighted by atomic mass is 19.4. The molecule has 0 saturated heterocycles. The van der Waals surface area contributed by atoms with Gasteiger partial charge >= 0.3 is 6.18 Å². The maximum absolute atomic E-state index is 13.0. The van der Waals surface area contributed by atoms with E-state index in [0.29, 0.717) is 24.7 Å². The molecular weight excluding hydrogens is 499 g/mol. The number of halogens is 3. The molecule has 38 heavy (non-hydrogen) atoms. The minimum Gasteiger partial charge on any atom is -0.457 e. The number of nitrogens with one attached hydrogen (secondary N) is 2. The first-order valence-electron chi connectivity index (χ1n) is 12.1. The molecule has 2 aliphatic rings. The van der Waals surface area contributed by atoms with Crippen molar-refractivity contribution in [3.8, 4) is 11.5 Å². The van der Waals surface area contributed by atoms with E-state index in [1.54, 1.807) is 32.9 Å². The number of aliphatic hydroxyl groups is 1. The molecule has 0 aliphatic carbocycles. The fourth-order valence-electron chi connectivity index (χ4n) is 4.24. The van der Waals surface area contributed by atoms with Crippen molar-refractivity contribution >= 4 is 23.8 Å². The van der Waals surface area contributed by atoms with Crippen LogP contribution in [0.3, 0.4) is 0 Å². The largest absolute Gasteiger partial charge is 0.457 e. The van der Waals surface area contributed by atoms with Gasteiger partial charge in [-0.2, -0.15) is 13.2 Å². The van der Waals surface area contributed by atoms with Crippen molar-refractivity contribution in [2.75, 3.05) is 18.4 Å². The van der Waals surface area contributed by atoms with Gasteiger partial charge in [-0.25, -0.2) is 4.99 Å². The zero-order chi connectivity index (χ0) is 27.5. The van der Waals surface area contributed by atoms with E-state index in [0.717, 1.165) is 23.4 Å². The summed E-state index contributed by atoms with van der Waals surface area (Å²) in [6.07, 6.45) is 0.956. The van der Waals surface area contributed by atoms with Crippen LogP contribution in [-0.2, 0) is 11.0 Å². The second-order valence-electron chi connectivity index (χ2n) is 9.87. The molecule has 2 unspecified atom stereocenters. The Hall–Kier alpha value is -3.86. The van der Waals surface area contributed by atoms with Crippen LogP contribution < -0.4 is 15.4 Å². The van der Waals surface area contributed by atoms with Gasteiger partial charge < -0.3 is 25.4 Å². The smallest absolute Gasteiger partial charge is 0.416 e. The molecule has 202 valence electrons. The van der Waals surface area contributed by atoms with Crippen LogP contribution in [0.1, 0.15) is 31.4 Å².